The molecule has 2 rings (SSSR count). The summed E-state index contributed by atoms with van der Waals surface area (Å²) in [6.07, 6.45) is 0.621. The van der Waals surface area contributed by atoms with Gasteiger partial charge in [-0.05, 0) is 43.2 Å². The van der Waals surface area contributed by atoms with Gasteiger partial charge in [-0.2, -0.15) is 0 Å². The Bertz CT molecular complexity index is 621. The summed E-state index contributed by atoms with van der Waals surface area (Å²) in [6, 6.07) is 13.2. The molecule has 0 radical (unpaired) electrons. The van der Waals surface area contributed by atoms with E-state index < -0.39 is 0 Å². The Morgan fingerprint density at radius 2 is 1.86 bits per heavy atom. The third kappa shape index (κ3) is 3.83. The quantitative estimate of drug-likeness (QED) is 0.791. The fraction of sp³-hybridized carbons (Fsp3) is 0.235. The largest absolute Gasteiger partial charge is 0.396 e. The van der Waals surface area contributed by atoms with E-state index in [0.717, 1.165) is 22.5 Å². The van der Waals surface area contributed by atoms with Gasteiger partial charge in [0.25, 0.3) is 5.91 Å². The van der Waals surface area contributed by atoms with Crippen LogP contribution in [-0.4, -0.2) is 24.7 Å². The second kappa shape index (κ2) is 6.90. The summed E-state index contributed by atoms with van der Waals surface area (Å²) in [5, 5.41) is 14.8. The van der Waals surface area contributed by atoms with Gasteiger partial charge in [0, 0.05) is 25.0 Å². The maximum absolute atomic E-state index is 12.4. The lowest BCUT2D eigenvalue weighted by Gasteiger charge is -2.11. The molecule has 2 aromatic carbocycles. The molecule has 1 amide bonds. The molecule has 0 spiro atoms. The summed E-state index contributed by atoms with van der Waals surface area (Å²) < 4.78 is 0. The molecule has 0 saturated heterocycles. The fourth-order valence-electron chi connectivity index (χ4n) is 2.15. The zero-order chi connectivity index (χ0) is 15.2. The van der Waals surface area contributed by atoms with Crippen molar-refractivity contribution in [3.63, 3.8) is 0 Å². The predicted octanol–water partition coefficient (Wildman–Crippen LogP) is 2.82. The molecule has 0 unspecified atom stereocenters. The lowest BCUT2D eigenvalue weighted by molar-refractivity contribution is 0.102. The minimum Gasteiger partial charge on any atom is -0.396 e. The number of aliphatic hydroxyl groups is 1. The summed E-state index contributed by atoms with van der Waals surface area (Å²) in [4.78, 5) is 12.4. The van der Waals surface area contributed by atoms with Gasteiger partial charge in [0.1, 0.15) is 0 Å². The van der Waals surface area contributed by atoms with Crippen molar-refractivity contribution in [2.45, 2.75) is 13.3 Å². The van der Waals surface area contributed by atoms with E-state index in [1.165, 1.54) is 0 Å². The number of carbonyl (C=O) groups excluding carboxylic acids is 1. The zero-order valence-corrected chi connectivity index (χ0v) is 12.3. The Hall–Kier alpha value is -2.33. The first-order chi connectivity index (χ1) is 10.1. The van der Waals surface area contributed by atoms with Crippen molar-refractivity contribution < 1.29 is 9.90 Å². The monoisotopic (exact) mass is 284 g/mol. The van der Waals surface area contributed by atoms with Crippen LogP contribution in [0.15, 0.2) is 42.5 Å². The average molecular weight is 284 g/mol. The molecule has 0 fully saturated rings. The number of nitrogens with one attached hydrogen (secondary N) is 2. The van der Waals surface area contributed by atoms with Crippen LogP contribution in [0.2, 0.25) is 0 Å². The highest BCUT2D eigenvalue weighted by Crippen LogP contribution is 2.19. The summed E-state index contributed by atoms with van der Waals surface area (Å²) >= 11 is 0. The molecule has 0 saturated carbocycles. The maximum atomic E-state index is 12.4. The minimum atomic E-state index is -0.141. The zero-order valence-electron chi connectivity index (χ0n) is 12.3. The van der Waals surface area contributed by atoms with Crippen molar-refractivity contribution in [2.75, 3.05) is 24.3 Å². The molecule has 0 aliphatic rings. The number of carbonyl (C=O) groups is 1. The van der Waals surface area contributed by atoms with Gasteiger partial charge in [0.2, 0.25) is 0 Å². The van der Waals surface area contributed by atoms with Crippen LogP contribution in [0.5, 0.6) is 0 Å². The molecule has 0 aliphatic carbocycles. The van der Waals surface area contributed by atoms with Crippen molar-refractivity contribution >= 4 is 17.3 Å². The second-order valence-electron chi connectivity index (χ2n) is 4.92. The summed E-state index contributed by atoms with van der Waals surface area (Å²) in [7, 11) is 1.80. The van der Waals surface area contributed by atoms with E-state index in [2.05, 4.69) is 10.6 Å². The van der Waals surface area contributed by atoms with Crippen LogP contribution in [-0.2, 0) is 6.42 Å². The first-order valence-corrected chi connectivity index (χ1v) is 6.93. The minimum absolute atomic E-state index is 0.126. The van der Waals surface area contributed by atoms with E-state index in [1.807, 2.05) is 49.4 Å². The Labute approximate surface area is 124 Å². The Kier molecular flexibility index (Phi) is 4.95. The first-order valence-electron chi connectivity index (χ1n) is 6.93. The van der Waals surface area contributed by atoms with Gasteiger partial charge in [0.15, 0.2) is 0 Å². The van der Waals surface area contributed by atoms with E-state index >= 15 is 0 Å². The summed E-state index contributed by atoms with van der Waals surface area (Å²) in [5.41, 5.74) is 4.25. The third-order valence-electron chi connectivity index (χ3n) is 3.30. The lowest BCUT2D eigenvalue weighted by Crippen LogP contribution is -2.14. The standard InChI is InChI=1S/C17H20N2O2/c1-12-3-8-16(18-2)15(11-12)17(21)19-14-6-4-13(5-7-14)9-10-20/h3-8,11,18,20H,9-10H2,1-2H3,(H,19,21). The van der Waals surface area contributed by atoms with E-state index in [4.69, 9.17) is 5.11 Å². The summed E-state index contributed by atoms with van der Waals surface area (Å²) in [5.74, 6) is -0.141. The van der Waals surface area contributed by atoms with Crippen LogP contribution in [0.3, 0.4) is 0 Å². The molecule has 2 aromatic rings. The topological polar surface area (TPSA) is 61.4 Å². The highest BCUT2D eigenvalue weighted by molar-refractivity contribution is 6.08. The van der Waals surface area contributed by atoms with Crippen LogP contribution in [0.1, 0.15) is 21.5 Å². The van der Waals surface area contributed by atoms with Gasteiger partial charge in [-0.1, -0.05) is 23.8 Å². The Morgan fingerprint density at radius 1 is 1.14 bits per heavy atom. The van der Waals surface area contributed by atoms with E-state index in [0.29, 0.717) is 12.0 Å². The number of benzene rings is 2. The lowest BCUT2D eigenvalue weighted by atomic mass is 10.1. The maximum Gasteiger partial charge on any atom is 0.257 e. The fourth-order valence-corrected chi connectivity index (χ4v) is 2.15. The predicted molar refractivity (Wildman–Crippen MR) is 85.9 cm³/mol. The number of aliphatic hydroxyl groups excluding tert-OH is 1. The van der Waals surface area contributed by atoms with Crippen molar-refractivity contribution in [1.29, 1.82) is 0 Å². The highest BCUT2D eigenvalue weighted by atomic mass is 16.2. The van der Waals surface area contributed by atoms with E-state index in [9.17, 15) is 4.79 Å². The number of hydrogen-bond donors (Lipinski definition) is 3. The normalized spacial score (nSPS) is 10.2. The van der Waals surface area contributed by atoms with Gasteiger partial charge >= 0.3 is 0 Å². The summed E-state index contributed by atoms with van der Waals surface area (Å²) in [6.45, 7) is 2.08. The molecule has 4 heteroatoms. The smallest absolute Gasteiger partial charge is 0.257 e. The molecule has 0 aliphatic heterocycles. The SMILES string of the molecule is CNc1ccc(C)cc1C(=O)Nc1ccc(CCO)cc1. The molecule has 3 N–H and O–H groups in total. The van der Waals surface area contributed by atoms with Crippen LogP contribution in [0.4, 0.5) is 11.4 Å². The molecule has 0 heterocycles. The number of anilines is 2. The molecule has 110 valence electrons. The number of hydrogen-bond acceptors (Lipinski definition) is 3. The first kappa shape index (κ1) is 15.1. The van der Waals surface area contributed by atoms with Crippen molar-refractivity contribution in [2.24, 2.45) is 0 Å². The van der Waals surface area contributed by atoms with Crippen molar-refractivity contribution in [3.8, 4) is 0 Å². The Morgan fingerprint density at radius 3 is 2.48 bits per heavy atom. The molecule has 0 bridgehead atoms. The molecular formula is C17H20N2O2. The molecule has 0 atom stereocenters. The second-order valence-corrected chi connectivity index (χ2v) is 4.92. The molecule has 4 nitrogen and oxygen atoms in total. The van der Waals surface area contributed by atoms with Gasteiger partial charge in [-0.3, -0.25) is 4.79 Å². The number of amides is 1. The van der Waals surface area contributed by atoms with E-state index in [-0.39, 0.29) is 12.5 Å². The molecular weight excluding hydrogens is 264 g/mol. The van der Waals surface area contributed by atoms with Crippen molar-refractivity contribution in [1.82, 2.24) is 0 Å². The van der Waals surface area contributed by atoms with Gasteiger partial charge in [-0.25, -0.2) is 0 Å². The Balaban J connectivity index is 2.15. The van der Waals surface area contributed by atoms with Crippen LogP contribution >= 0.6 is 0 Å². The highest BCUT2D eigenvalue weighted by Gasteiger charge is 2.11. The number of rotatable bonds is 5. The van der Waals surface area contributed by atoms with Gasteiger partial charge < -0.3 is 15.7 Å². The third-order valence-corrected chi connectivity index (χ3v) is 3.30. The van der Waals surface area contributed by atoms with Gasteiger partial charge in [0.05, 0.1) is 5.56 Å². The van der Waals surface area contributed by atoms with Crippen molar-refractivity contribution in [3.05, 3.63) is 59.2 Å². The van der Waals surface area contributed by atoms with E-state index in [1.54, 1.807) is 7.05 Å². The van der Waals surface area contributed by atoms with Crippen LogP contribution < -0.4 is 10.6 Å². The molecule has 21 heavy (non-hydrogen) atoms. The number of aryl methyl sites for hydroxylation is 1. The van der Waals surface area contributed by atoms with Gasteiger partial charge in [-0.15, -0.1) is 0 Å². The van der Waals surface area contributed by atoms with Crippen LogP contribution in [0.25, 0.3) is 0 Å². The van der Waals surface area contributed by atoms with Crippen LogP contribution in [0, 0.1) is 6.92 Å². The average Bonchev–Trinajstić information content (AvgIpc) is 2.49. The molecule has 0 aromatic heterocycles.